The highest BCUT2D eigenvalue weighted by molar-refractivity contribution is 8.15. The molecule has 2 amide bonds. The van der Waals surface area contributed by atoms with Crippen molar-refractivity contribution < 1.29 is 19.1 Å². The van der Waals surface area contributed by atoms with E-state index in [9.17, 15) is 9.59 Å². The molecule has 27 heavy (non-hydrogen) atoms. The number of hydrogen-bond acceptors (Lipinski definition) is 8. The molecule has 1 aliphatic carbocycles. The summed E-state index contributed by atoms with van der Waals surface area (Å²) in [6.07, 6.45) is 6.66. The lowest BCUT2D eigenvalue weighted by atomic mass is 9.84. The number of carbonyl (C=O) groups is 2. The van der Waals surface area contributed by atoms with E-state index >= 15 is 0 Å². The largest absolute Gasteiger partial charge is 0.377 e. The highest BCUT2D eigenvalue weighted by Gasteiger charge is 2.34. The quantitative estimate of drug-likeness (QED) is 0.557. The van der Waals surface area contributed by atoms with E-state index < -0.39 is 0 Å². The summed E-state index contributed by atoms with van der Waals surface area (Å²) in [5, 5.41) is 8.68. The molecule has 0 aromatic carbocycles. The molecule has 0 bridgehead atoms. The first-order chi connectivity index (χ1) is 13.0. The summed E-state index contributed by atoms with van der Waals surface area (Å²) in [7, 11) is 3.84. The van der Waals surface area contributed by atoms with Gasteiger partial charge in [0.25, 0.3) is 5.24 Å². The third kappa shape index (κ3) is 6.13. The number of methoxy groups -OCH3 is 1. The summed E-state index contributed by atoms with van der Waals surface area (Å²) in [5.41, 5.74) is 0. The van der Waals surface area contributed by atoms with Gasteiger partial charge in [-0.05, 0) is 45.1 Å². The fourth-order valence-electron chi connectivity index (χ4n) is 4.08. The zero-order chi connectivity index (χ0) is 19.2. The molecule has 3 rings (SSSR count). The van der Waals surface area contributed by atoms with E-state index in [4.69, 9.17) is 9.47 Å². The Bertz CT molecular complexity index is 516. The Balaban J connectivity index is 1.29. The molecule has 0 spiro atoms. The van der Waals surface area contributed by atoms with Gasteiger partial charge in [-0.15, -0.1) is 0 Å². The minimum absolute atomic E-state index is 0.102. The lowest BCUT2D eigenvalue weighted by Gasteiger charge is -2.36. The molecule has 9 heteroatoms. The van der Waals surface area contributed by atoms with Gasteiger partial charge in [-0.1, -0.05) is 11.8 Å². The number of thioether (sulfide) groups is 1. The number of rotatable bonds is 8. The van der Waals surface area contributed by atoms with Crippen LogP contribution in [0.5, 0.6) is 0 Å². The molecule has 0 radical (unpaired) electrons. The van der Waals surface area contributed by atoms with Crippen LogP contribution in [0.4, 0.5) is 4.79 Å². The summed E-state index contributed by atoms with van der Waals surface area (Å²) >= 11 is 1.14. The number of nitrogens with zero attached hydrogens (tertiary/aromatic N) is 1. The summed E-state index contributed by atoms with van der Waals surface area (Å²) in [4.78, 5) is 25.3. The first-order valence-electron chi connectivity index (χ1n) is 9.88. The highest BCUT2D eigenvalue weighted by Crippen LogP contribution is 2.34. The van der Waals surface area contributed by atoms with Crippen LogP contribution in [0.25, 0.3) is 0 Å². The van der Waals surface area contributed by atoms with Crippen LogP contribution in [-0.2, 0) is 14.3 Å². The minimum Gasteiger partial charge on any atom is -0.377 e. The van der Waals surface area contributed by atoms with E-state index in [0.717, 1.165) is 70.1 Å². The Morgan fingerprint density at radius 1 is 1.19 bits per heavy atom. The zero-order valence-corrected chi connectivity index (χ0v) is 17.1. The van der Waals surface area contributed by atoms with E-state index in [1.165, 1.54) is 0 Å². The van der Waals surface area contributed by atoms with Gasteiger partial charge in [-0.2, -0.15) is 0 Å². The first-order valence-corrected chi connectivity index (χ1v) is 10.8. The lowest BCUT2D eigenvalue weighted by Crippen LogP contribution is -2.57. The normalized spacial score (nSPS) is 34.9. The van der Waals surface area contributed by atoms with Crippen LogP contribution < -0.4 is 16.0 Å². The van der Waals surface area contributed by atoms with Crippen molar-refractivity contribution in [3.8, 4) is 0 Å². The molecule has 0 aromatic rings. The number of nitrogens with one attached hydrogen (secondary N) is 3. The van der Waals surface area contributed by atoms with Crippen molar-refractivity contribution in [2.75, 3.05) is 34.0 Å². The fourth-order valence-corrected chi connectivity index (χ4v) is 5.03. The van der Waals surface area contributed by atoms with Crippen LogP contribution in [0.1, 0.15) is 38.5 Å². The van der Waals surface area contributed by atoms with Gasteiger partial charge in [0.15, 0.2) is 0 Å². The second kappa shape index (κ2) is 10.2. The molecule has 2 heterocycles. The first kappa shape index (κ1) is 21.0. The smallest absolute Gasteiger partial charge is 0.286 e. The molecule has 1 saturated carbocycles. The van der Waals surface area contributed by atoms with Gasteiger partial charge in [0.2, 0.25) is 5.91 Å². The third-order valence-corrected chi connectivity index (χ3v) is 6.83. The molecule has 3 atom stereocenters. The van der Waals surface area contributed by atoms with Crippen molar-refractivity contribution in [1.82, 2.24) is 20.9 Å². The monoisotopic (exact) mass is 400 g/mol. The maximum atomic E-state index is 11.7. The van der Waals surface area contributed by atoms with Crippen LogP contribution in [0.3, 0.4) is 0 Å². The molecule has 3 aliphatic rings. The number of amides is 2. The van der Waals surface area contributed by atoms with Crippen LogP contribution in [0.15, 0.2) is 0 Å². The van der Waals surface area contributed by atoms with E-state index in [2.05, 4.69) is 27.9 Å². The molecule has 0 aromatic heterocycles. The molecule has 3 fully saturated rings. The molecule has 154 valence electrons. The van der Waals surface area contributed by atoms with Crippen LogP contribution in [-0.4, -0.2) is 73.8 Å². The standard InChI is InChI=1S/C18H32N4O4S/c1-22(15-10-16(25-2)20-11-19-15)7-8-26-13-5-3-12(4-6-13)9-14-17(23)21-18(24)27-14/h12-16,19-20H,3-11H2,1-2H3,(H,21,23,24). The van der Waals surface area contributed by atoms with Gasteiger partial charge in [0, 0.05) is 26.7 Å². The maximum Gasteiger partial charge on any atom is 0.286 e. The van der Waals surface area contributed by atoms with Gasteiger partial charge in [0.1, 0.15) is 6.23 Å². The molecular weight excluding hydrogens is 368 g/mol. The zero-order valence-electron chi connectivity index (χ0n) is 16.2. The molecule has 8 nitrogen and oxygen atoms in total. The van der Waals surface area contributed by atoms with Gasteiger partial charge in [0.05, 0.1) is 24.1 Å². The van der Waals surface area contributed by atoms with E-state index in [1.54, 1.807) is 7.11 Å². The van der Waals surface area contributed by atoms with Crippen molar-refractivity contribution in [2.24, 2.45) is 5.92 Å². The minimum atomic E-state index is -0.203. The summed E-state index contributed by atoms with van der Waals surface area (Å²) in [5.74, 6) is 0.403. The van der Waals surface area contributed by atoms with E-state index in [-0.39, 0.29) is 22.6 Å². The topological polar surface area (TPSA) is 91.9 Å². The van der Waals surface area contributed by atoms with Crippen LogP contribution >= 0.6 is 11.8 Å². The van der Waals surface area contributed by atoms with Crippen molar-refractivity contribution >= 4 is 22.9 Å². The van der Waals surface area contributed by atoms with Gasteiger partial charge < -0.3 is 9.47 Å². The molecule has 2 aliphatic heterocycles. The predicted octanol–water partition coefficient (Wildman–Crippen LogP) is 1.07. The lowest BCUT2D eigenvalue weighted by molar-refractivity contribution is -0.119. The fraction of sp³-hybridized carbons (Fsp3) is 0.889. The van der Waals surface area contributed by atoms with Gasteiger partial charge in [-0.3, -0.25) is 30.4 Å². The number of ether oxygens (including phenoxy) is 2. The Kier molecular flexibility index (Phi) is 7.92. The Morgan fingerprint density at radius 2 is 1.96 bits per heavy atom. The number of hydrogen-bond donors (Lipinski definition) is 3. The average Bonchev–Trinajstić information content (AvgIpc) is 3.00. The van der Waals surface area contributed by atoms with Crippen molar-refractivity contribution in [3.63, 3.8) is 0 Å². The SMILES string of the molecule is COC1CC(N(C)CCOC2CCC(CC3SC(=O)NC3=O)CC2)NCN1. The number of likely N-dealkylation sites (N-methyl/N-ethyl adjacent to an activating group) is 1. The van der Waals surface area contributed by atoms with Crippen LogP contribution in [0.2, 0.25) is 0 Å². The average molecular weight is 401 g/mol. The Labute approximate surface area is 165 Å². The molecule has 2 saturated heterocycles. The number of imide groups is 1. The van der Waals surface area contributed by atoms with E-state index in [0.29, 0.717) is 18.2 Å². The molecular formula is C18H32N4O4S. The van der Waals surface area contributed by atoms with Crippen molar-refractivity contribution in [1.29, 1.82) is 0 Å². The summed E-state index contributed by atoms with van der Waals surface area (Å²) in [6, 6.07) is 0. The predicted molar refractivity (Wildman–Crippen MR) is 104 cm³/mol. The van der Waals surface area contributed by atoms with E-state index in [1.807, 2.05) is 0 Å². The summed E-state index contributed by atoms with van der Waals surface area (Å²) < 4.78 is 11.5. The Morgan fingerprint density at radius 3 is 2.63 bits per heavy atom. The van der Waals surface area contributed by atoms with Gasteiger partial charge >= 0.3 is 0 Å². The highest BCUT2D eigenvalue weighted by atomic mass is 32.2. The second-order valence-corrected chi connectivity index (χ2v) is 8.85. The van der Waals surface area contributed by atoms with Crippen molar-refractivity contribution in [3.05, 3.63) is 0 Å². The second-order valence-electron chi connectivity index (χ2n) is 7.67. The third-order valence-electron chi connectivity index (χ3n) is 5.83. The van der Waals surface area contributed by atoms with Crippen molar-refractivity contribution in [2.45, 2.75) is 62.3 Å². The molecule has 3 N–H and O–H groups in total. The van der Waals surface area contributed by atoms with Crippen LogP contribution in [0, 0.1) is 5.92 Å². The maximum absolute atomic E-state index is 11.7. The summed E-state index contributed by atoms with van der Waals surface area (Å²) in [6.45, 7) is 2.36. The number of carbonyl (C=O) groups excluding carboxylic acids is 2. The Hall–Kier alpha value is -0.710. The van der Waals surface area contributed by atoms with Gasteiger partial charge in [-0.25, -0.2) is 0 Å². The molecule has 3 unspecified atom stereocenters.